The molecule has 1 fully saturated rings. The SMILES string of the molecule is [2H]C([2H])([2H])OC([2H])([2H])CN1C([2H])([2H])C([2H])([2H])C([2H])(N(C(=O)C([2H])([2H])N2C(SC([2H])([2H])c3cccc(F)c3F)=CC(O)c3ccccc32)C([2H])(C)c2ccc(-c3ccc(C(F)(F)F)cc3)cc2)C([2H])([2H])C1([2H])[2H]. The quantitative estimate of drug-likeness (QED) is 0.145. The maximum Gasteiger partial charge on any atom is 0.416 e. The Hall–Kier alpha value is -4.23. The molecule has 0 saturated carbocycles. The summed E-state index contributed by atoms with van der Waals surface area (Å²) in [5.74, 6) is -5.55. The van der Waals surface area contributed by atoms with Crippen molar-refractivity contribution in [2.24, 2.45) is 0 Å². The second-order valence-corrected chi connectivity index (χ2v) is 12.1. The summed E-state index contributed by atoms with van der Waals surface area (Å²) in [5, 5.41) is 10.5. The van der Waals surface area contributed by atoms with Gasteiger partial charge < -0.3 is 24.5 Å². The molecule has 12 heteroatoms. The van der Waals surface area contributed by atoms with Crippen molar-refractivity contribution in [2.75, 3.05) is 44.5 Å². The third-order valence-corrected chi connectivity index (χ3v) is 8.82. The Kier molecular flexibility index (Phi) is 6.68. The fraction of sp³-hybridized carbons (Fsp3) is 0.341. The predicted octanol–water partition coefficient (Wildman–Crippen LogP) is 8.98. The molecule has 4 aromatic carbocycles. The number of hydrogen-bond donors (Lipinski definition) is 1. The summed E-state index contributed by atoms with van der Waals surface area (Å²) in [4.78, 5) is 15.2. The molecule has 1 N–H and O–H groups in total. The number of aliphatic hydroxyl groups is 1. The van der Waals surface area contributed by atoms with Gasteiger partial charge in [-0.3, -0.25) is 4.79 Å². The molecule has 1 saturated heterocycles. The summed E-state index contributed by atoms with van der Waals surface area (Å²) in [5.41, 5.74) is -6.08. The number of benzene rings is 4. The Labute approximate surface area is 337 Å². The molecule has 0 aliphatic carbocycles. The van der Waals surface area contributed by atoms with E-state index in [4.69, 9.17) is 15.1 Å². The summed E-state index contributed by atoms with van der Waals surface area (Å²) in [6, 6.07) is 7.40. The second kappa shape index (κ2) is 16.8. The van der Waals surface area contributed by atoms with Gasteiger partial charge in [-0.05, 0) is 66.7 Å². The molecule has 2 heterocycles. The van der Waals surface area contributed by atoms with Crippen LogP contribution in [-0.2, 0) is 21.4 Å². The molecule has 280 valence electrons. The van der Waals surface area contributed by atoms with Crippen molar-refractivity contribution in [2.45, 2.75) is 49.7 Å². The van der Waals surface area contributed by atoms with E-state index < -0.39 is 137 Å². The first-order valence-corrected chi connectivity index (χ1v) is 16.4. The Bertz CT molecular complexity index is 2720. The lowest BCUT2D eigenvalue weighted by Crippen LogP contribution is -2.51. The monoisotopic (exact) mass is 770 g/mol. The molecule has 2 aliphatic heterocycles. The number of thioether (sulfide) groups is 1. The van der Waals surface area contributed by atoms with Gasteiger partial charge in [0.05, 0.1) is 35.5 Å². The van der Waals surface area contributed by atoms with Crippen molar-refractivity contribution in [1.29, 1.82) is 0 Å². The van der Waals surface area contributed by atoms with Gasteiger partial charge in [-0.2, -0.15) is 13.2 Å². The Balaban J connectivity index is 1.61. The van der Waals surface area contributed by atoms with Crippen molar-refractivity contribution in [1.82, 2.24) is 9.80 Å². The second-order valence-electron chi connectivity index (χ2n) is 11.3. The van der Waals surface area contributed by atoms with E-state index in [2.05, 4.69) is 4.74 Å². The van der Waals surface area contributed by atoms with Crippen LogP contribution >= 0.6 is 11.8 Å². The van der Waals surface area contributed by atoms with E-state index in [-0.39, 0.29) is 28.5 Å². The highest BCUT2D eigenvalue weighted by atomic mass is 32.2. The lowest BCUT2D eigenvalue weighted by atomic mass is 9.96. The number of methoxy groups -OCH3 is 1. The summed E-state index contributed by atoms with van der Waals surface area (Å²) in [6.45, 7) is -17.5. The largest absolute Gasteiger partial charge is 0.416 e. The Morgan fingerprint density at radius 1 is 1.06 bits per heavy atom. The van der Waals surface area contributed by atoms with Crippen molar-refractivity contribution in [3.05, 3.63) is 136 Å². The molecule has 6 nitrogen and oxygen atoms in total. The van der Waals surface area contributed by atoms with Gasteiger partial charge in [-0.1, -0.05) is 66.7 Å². The van der Waals surface area contributed by atoms with Crippen LogP contribution in [-0.4, -0.2) is 66.5 Å². The number of likely N-dealkylation sites (tertiary alicyclic amines) is 1. The van der Waals surface area contributed by atoms with Gasteiger partial charge in [0.15, 0.2) is 11.6 Å². The van der Waals surface area contributed by atoms with Crippen LogP contribution in [0.15, 0.2) is 102 Å². The molecule has 2 aliphatic rings. The average Bonchev–Trinajstić information content (AvgIpc) is 3.24. The Morgan fingerprint density at radius 3 is 2.42 bits per heavy atom. The zero-order valence-corrected chi connectivity index (χ0v) is 28.2. The molecule has 2 unspecified atom stereocenters. The third kappa shape index (κ3) is 8.95. The number of rotatable bonds is 12. The van der Waals surface area contributed by atoms with Gasteiger partial charge in [0.25, 0.3) is 0 Å². The number of ether oxygens (including phenoxy) is 1. The van der Waals surface area contributed by atoms with Crippen LogP contribution in [0, 0.1) is 11.6 Å². The molecular formula is C41H42F5N3O3S. The molecule has 0 bridgehead atoms. The number of halogens is 5. The van der Waals surface area contributed by atoms with Gasteiger partial charge in [0.2, 0.25) is 5.91 Å². The predicted molar refractivity (Wildman–Crippen MR) is 198 cm³/mol. The fourth-order valence-electron chi connectivity index (χ4n) is 5.28. The van der Waals surface area contributed by atoms with Crippen LogP contribution in [0.2, 0.25) is 0 Å². The summed E-state index contributed by atoms with van der Waals surface area (Å²) < 4.78 is 243. The van der Waals surface area contributed by atoms with E-state index in [9.17, 15) is 33.6 Å². The van der Waals surface area contributed by atoms with E-state index in [0.29, 0.717) is 17.9 Å². The number of carbonyl (C=O) groups excluding carboxylic acids is 1. The first-order valence-electron chi connectivity index (χ1n) is 25.1. The van der Waals surface area contributed by atoms with Crippen LogP contribution < -0.4 is 4.90 Å². The number of fused-ring (bicyclic) bond motifs is 1. The standard InChI is InChI=1S/C41H42F5N3O3S/c1-27(28-10-12-29(13-11-28)30-14-16-32(17-15-30)41(44,45)46)49(33-18-20-47(21-19-33)22-23-52-2)38(51)25-48-36-9-4-3-7-34(36)37(50)24-39(48)53-26-31-6-5-8-35(42)40(31)43/h3-17,24,27,33,37,50H,18-23,25-26H2,1-2H3/i2D3,18D2,19D2,20D2,21D2,23D2,25D2,26D2,27D,33D. The maximum atomic E-state index is 15.8. The lowest BCUT2D eigenvalue weighted by Gasteiger charge is -2.43. The average molecular weight is 771 g/mol. The summed E-state index contributed by atoms with van der Waals surface area (Å²) in [6.07, 6.45) is -14.7. The van der Waals surface area contributed by atoms with E-state index >= 15 is 9.18 Å². The van der Waals surface area contributed by atoms with Gasteiger partial charge in [-0.25, -0.2) is 8.78 Å². The first-order chi connectivity index (χ1) is 32.5. The molecule has 1 amide bonds. The van der Waals surface area contributed by atoms with E-state index in [1.54, 1.807) is 0 Å². The normalized spacial score (nSPS) is 28.7. The molecule has 0 spiro atoms. The van der Waals surface area contributed by atoms with Crippen LogP contribution in [0.5, 0.6) is 0 Å². The molecule has 2 atom stereocenters. The number of alkyl halides is 3. The minimum Gasteiger partial charge on any atom is -0.384 e. The third-order valence-electron chi connectivity index (χ3n) is 7.97. The van der Waals surface area contributed by atoms with Crippen LogP contribution in [0.3, 0.4) is 0 Å². The molecular weight excluding hydrogens is 710 g/mol. The zero-order valence-electron chi connectivity index (χ0n) is 46.4. The summed E-state index contributed by atoms with van der Waals surface area (Å²) >= 11 is -0.0966. The molecule has 4 aromatic rings. The smallest absolute Gasteiger partial charge is 0.384 e. The fourth-order valence-corrected chi connectivity index (χ4v) is 6.09. The molecule has 53 heavy (non-hydrogen) atoms. The number of aliphatic hydroxyl groups excluding tert-OH is 1. The maximum absolute atomic E-state index is 15.8. The van der Waals surface area contributed by atoms with Crippen LogP contribution in [0.25, 0.3) is 11.1 Å². The van der Waals surface area contributed by atoms with E-state index in [1.165, 1.54) is 18.2 Å². The highest BCUT2D eigenvalue weighted by molar-refractivity contribution is 8.02. The van der Waals surface area contributed by atoms with Gasteiger partial charge in [-0.15, -0.1) is 11.8 Å². The highest BCUT2D eigenvalue weighted by Gasteiger charge is 2.35. The van der Waals surface area contributed by atoms with Crippen molar-refractivity contribution in [3.8, 4) is 11.1 Å². The first kappa shape index (κ1) is 21.0. The lowest BCUT2D eigenvalue weighted by molar-refractivity contribution is -0.137. The van der Waals surface area contributed by atoms with Crippen LogP contribution in [0.1, 0.15) is 80.1 Å². The summed E-state index contributed by atoms with van der Waals surface area (Å²) in [7, 11) is -3.60. The van der Waals surface area contributed by atoms with Gasteiger partial charge in [0, 0.05) is 68.8 Å². The Morgan fingerprint density at radius 2 is 1.74 bits per heavy atom. The van der Waals surface area contributed by atoms with Gasteiger partial charge >= 0.3 is 6.18 Å². The molecule has 0 radical (unpaired) electrons. The number of para-hydroxylation sites is 1. The number of nitrogens with zero attached hydrogens (tertiary/aromatic N) is 3. The highest BCUT2D eigenvalue weighted by Crippen LogP contribution is 2.41. The van der Waals surface area contributed by atoms with E-state index in [1.807, 2.05) is 0 Å². The number of hydrogen-bond acceptors (Lipinski definition) is 6. The van der Waals surface area contributed by atoms with Gasteiger partial charge in [0.1, 0.15) is 12.6 Å². The number of anilines is 1. The topological polar surface area (TPSA) is 56.2 Å². The van der Waals surface area contributed by atoms with E-state index in [0.717, 1.165) is 72.8 Å². The number of amides is 1. The zero-order chi connectivity index (χ0) is 54.6. The number of piperidine rings is 1. The van der Waals surface area contributed by atoms with Crippen molar-refractivity contribution in [3.63, 3.8) is 0 Å². The molecule has 6 rings (SSSR count). The minimum atomic E-state index is -4.72. The van der Waals surface area contributed by atoms with Crippen molar-refractivity contribution < 1.29 is 62.6 Å². The minimum absolute atomic E-state index is 0.0966. The van der Waals surface area contributed by atoms with Crippen molar-refractivity contribution >= 4 is 23.4 Å². The van der Waals surface area contributed by atoms with Crippen LogP contribution in [0.4, 0.5) is 27.6 Å². The molecule has 0 aromatic heterocycles. The number of carbonyl (C=O) groups is 1.